The molecule has 0 fully saturated rings. The van der Waals surface area contributed by atoms with Crippen LogP contribution in [0.1, 0.15) is 42.1 Å². The molecule has 3 N–H and O–H groups in total. The van der Waals surface area contributed by atoms with Crippen LogP contribution in [-0.4, -0.2) is 18.5 Å². The summed E-state index contributed by atoms with van der Waals surface area (Å²) in [5, 5.41) is 3.00. The molecular formula is C20H26N2O2. The molecule has 0 bridgehead atoms. The van der Waals surface area contributed by atoms with Gasteiger partial charge in [-0.1, -0.05) is 50.1 Å². The molecule has 0 spiro atoms. The van der Waals surface area contributed by atoms with Crippen LogP contribution in [0.4, 0.5) is 0 Å². The smallest absolute Gasteiger partial charge is 0.251 e. The molecule has 0 aliphatic rings. The summed E-state index contributed by atoms with van der Waals surface area (Å²) >= 11 is 0. The zero-order chi connectivity index (χ0) is 17.2. The summed E-state index contributed by atoms with van der Waals surface area (Å²) in [7, 11) is 0. The van der Waals surface area contributed by atoms with Gasteiger partial charge in [-0.2, -0.15) is 0 Å². The van der Waals surface area contributed by atoms with E-state index in [0.29, 0.717) is 18.7 Å². The maximum Gasteiger partial charge on any atom is 0.251 e. The molecule has 1 unspecified atom stereocenters. The molecule has 0 aromatic heterocycles. The first-order chi connectivity index (χ1) is 11.7. The van der Waals surface area contributed by atoms with Crippen molar-refractivity contribution in [2.24, 2.45) is 5.73 Å². The van der Waals surface area contributed by atoms with E-state index in [1.165, 1.54) is 0 Å². The minimum atomic E-state index is -0.0721. The molecule has 2 rings (SSSR count). The number of ether oxygens (including phenoxy) is 1. The van der Waals surface area contributed by atoms with Gasteiger partial charge in [0.05, 0.1) is 0 Å². The van der Waals surface area contributed by atoms with Crippen molar-refractivity contribution in [3.63, 3.8) is 0 Å². The summed E-state index contributed by atoms with van der Waals surface area (Å²) in [6.07, 6.45) is 3.09. The molecule has 0 radical (unpaired) electrons. The number of benzene rings is 2. The van der Waals surface area contributed by atoms with Gasteiger partial charge in [0.1, 0.15) is 12.4 Å². The number of carbonyl (C=O) groups excluding carboxylic acids is 1. The van der Waals surface area contributed by atoms with Gasteiger partial charge in [-0.05, 0) is 36.2 Å². The van der Waals surface area contributed by atoms with Crippen molar-refractivity contribution in [3.8, 4) is 5.75 Å². The quantitative estimate of drug-likeness (QED) is 0.741. The summed E-state index contributed by atoms with van der Waals surface area (Å²) in [6, 6.07) is 17.2. The lowest BCUT2D eigenvalue weighted by atomic mass is 10.1. The predicted molar refractivity (Wildman–Crippen MR) is 97.0 cm³/mol. The van der Waals surface area contributed by atoms with E-state index in [1.807, 2.05) is 54.6 Å². The predicted octanol–water partition coefficient (Wildman–Crippen LogP) is 3.51. The number of para-hydroxylation sites is 1. The van der Waals surface area contributed by atoms with Gasteiger partial charge in [0.15, 0.2) is 0 Å². The Morgan fingerprint density at radius 2 is 1.83 bits per heavy atom. The summed E-state index contributed by atoms with van der Waals surface area (Å²) in [5.74, 6) is 0.762. The van der Waals surface area contributed by atoms with E-state index in [2.05, 4.69) is 12.2 Å². The Morgan fingerprint density at radius 1 is 1.12 bits per heavy atom. The minimum absolute atomic E-state index is 0.0403. The summed E-state index contributed by atoms with van der Waals surface area (Å²) < 4.78 is 5.70. The van der Waals surface area contributed by atoms with Crippen LogP contribution >= 0.6 is 0 Å². The van der Waals surface area contributed by atoms with Gasteiger partial charge in [-0.3, -0.25) is 4.79 Å². The lowest BCUT2D eigenvalue weighted by Crippen LogP contribution is -2.40. The molecule has 0 saturated carbocycles. The van der Waals surface area contributed by atoms with E-state index in [4.69, 9.17) is 10.5 Å². The zero-order valence-electron chi connectivity index (χ0n) is 14.2. The minimum Gasteiger partial charge on any atom is -0.489 e. The lowest BCUT2D eigenvalue weighted by Gasteiger charge is -2.16. The SMILES string of the molecule is CCCCC(CN)NC(=O)c1ccc(COc2ccccc2)cc1. The topological polar surface area (TPSA) is 64.3 Å². The molecule has 0 aliphatic heterocycles. The highest BCUT2D eigenvalue weighted by Gasteiger charge is 2.12. The molecule has 128 valence electrons. The van der Waals surface area contributed by atoms with Crippen LogP contribution in [0.25, 0.3) is 0 Å². The van der Waals surface area contributed by atoms with Gasteiger partial charge in [0.2, 0.25) is 0 Å². The molecule has 4 nitrogen and oxygen atoms in total. The molecule has 0 aliphatic carbocycles. The number of hydrogen-bond donors (Lipinski definition) is 2. The first-order valence-corrected chi connectivity index (χ1v) is 8.50. The van der Waals surface area contributed by atoms with Crippen LogP contribution in [0.3, 0.4) is 0 Å². The van der Waals surface area contributed by atoms with Crippen molar-refractivity contribution in [1.82, 2.24) is 5.32 Å². The third-order valence-electron chi connectivity index (χ3n) is 3.89. The van der Waals surface area contributed by atoms with Gasteiger partial charge in [-0.25, -0.2) is 0 Å². The Hall–Kier alpha value is -2.33. The fourth-order valence-electron chi connectivity index (χ4n) is 2.40. The van der Waals surface area contributed by atoms with Crippen molar-refractivity contribution in [3.05, 3.63) is 65.7 Å². The standard InChI is InChI=1S/C20H26N2O2/c1-2-3-7-18(14-21)22-20(23)17-12-10-16(11-13-17)15-24-19-8-5-4-6-9-19/h4-6,8-13,18H,2-3,7,14-15,21H2,1H3,(H,22,23). The maximum absolute atomic E-state index is 12.3. The number of hydrogen-bond acceptors (Lipinski definition) is 3. The van der Waals surface area contributed by atoms with Crippen molar-refractivity contribution in [2.75, 3.05) is 6.54 Å². The zero-order valence-corrected chi connectivity index (χ0v) is 14.2. The normalized spacial score (nSPS) is 11.8. The second-order valence-electron chi connectivity index (χ2n) is 5.85. The molecule has 2 aromatic carbocycles. The Balaban J connectivity index is 1.87. The van der Waals surface area contributed by atoms with Crippen molar-refractivity contribution in [2.45, 2.75) is 38.8 Å². The Kier molecular flexibility index (Phi) is 7.30. The number of amides is 1. The molecule has 24 heavy (non-hydrogen) atoms. The highest BCUT2D eigenvalue weighted by Crippen LogP contribution is 2.12. The largest absolute Gasteiger partial charge is 0.489 e. The Morgan fingerprint density at radius 3 is 2.46 bits per heavy atom. The molecule has 2 aromatic rings. The van der Waals surface area contributed by atoms with E-state index < -0.39 is 0 Å². The van der Waals surface area contributed by atoms with E-state index in [1.54, 1.807) is 0 Å². The van der Waals surface area contributed by atoms with Crippen LogP contribution in [-0.2, 0) is 6.61 Å². The van der Waals surface area contributed by atoms with Gasteiger partial charge in [0.25, 0.3) is 5.91 Å². The third-order valence-corrected chi connectivity index (χ3v) is 3.89. The van der Waals surface area contributed by atoms with E-state index in [-0.39, 0.29) is 11.9 Å². The average Bonchev–Trinajstić information content (AvgIpc) is 2.64. The van der Waals surface area contributed by atoms with Crippen molar-refractivity contribution >= 4 is 5.91 Å². The highest BCUT2D eigenvalue weighted by atomic mass is 16.5. The van der Waals surface area contributed by atoms with Gasteiger partial charge in [-0.15, -0.1) is 0 Å². The van der Waals surface area contributed by atoms with Gasteiger partial charge >= 0.3 is 0 Å². The second-order valence-corrected chi connectivity index (χ2v) is 5.85. The maximum atomic E-state index is 12.3. The first-order valence-electron chi connectivity index (χ1n) is 8.50. The number of carbonyl (C=O) groups is 1. The van der Waals surface area contributed by atoms with Gasteiger partial charge < -0.3 is 15.8 Å². The molecule has 1 amide bonds. The van der Waals surface area contributed by atoms with Crippen LogP contribution in [0, 0.1) is 0 Å². The summed E-state index contributed by atoms with van der Waals surface area (Å²) in [5.41, 5.74) is 7.40. The van der Waals surface area contributed by atoms with Crippen LogP contribution in [0.5, 0.6) is 5.75 Å². The summed E-state index contributed by atoms with van der Waals surface area (Å²) in [6.45, 7) is 3.08. The molecule has 0 saturated heterocycles. The van der Waals surface area contributed by atoms with Crippen LogP contribution in [0.15, 0.2) is 54.6 Å². The highest BCUT2D eigenvalue weighted by molar-refractivity contribution is 5.94. The Bertz CT molecular complexity index is 611. The van der Waals surface area contributed by atoms with Crippen molar-refractivity contribution in [1.29, 1.82) is 0 Å². The number of rotatable bonds is 9. The van der Waals surface area contributed by atoms with Crippen molar-refractivity contribution < 1.29 is 9.53 Å². The molecule has 4 heteroatoms. The summed E-state index contributed by atoms with van der Waals surface area (Å²) in [4.78, 5) is 12.3. The Labute approximate surface area is 144 Å². The number of nitrogens with two attached hydrogens (primary N) is 1. The van der Waals surface area contributed by atoms with Gasteiger partial charge in [0, 0.05) is 18.2 Å². The fraction of sp³-hybridized carbons (Fsp3) is 0.350. The monoisotopic (exact) mass is 326 g/mol. The second kappa shape index (κ2) is 9.73. The lowest BCUT2D eigenvalue weighted by molar-refractivity contribution is 0.0935. The average molecular weight is 326 g/mol. The van der Waals surface area contributed by atoms with E-state index in [9.17, 15) is 4.79 Å². The first kappa shape index (κ1) is 18.0. The number of unbranched alkanes of at least 4 members (excludes halogenated alkanes) is 1. The van der Waals surface area contributed by atoms with Crippen LogP contribution in [0.2, 0.25) is 0 Å². The molecule has 1 atom stereocenters. The number of nitrogens with one attached hydrogen (secondary N) is 1. The van der Waals surface area contributed by atoms with E-state index in [0.717, 1.165) is 30.6 Å². The van der Waals surface area contributed by atoms with Crippen LogP contribution < -0.4 is 15.8 Å². The fourth-order valence-corrected chi connectivity index (χ4v) is 2.40. The molecular weight excluding hydrogens is 300 g/mol. The third kappa shape index (κ3) is 5.70. The molecule has 0 heterocycles. The van der Waals surface area contributed by atoms with E-state index >= 15 is 0 Å².